The maximum absolute atomic E-state index is 5.55. The Labute approximate surface area is 95.6 Å². The van der Waals surface area contributed by atoms with Crippen molar-refractivity contribution < 1.29 is 4.74 Å². The Balaban J connectivity index is 1.78. The molecule has 84 valence electrons. The van der Waals surface area contributed by atoms with Crippen LogP contribution in [-0.4, -0.2) is 19.3 Å². The number of ether oxygens (including phenoxy) is 1. The lowest BCUT2D eigenvalue weighted by molar-refractivity contribution is 0.105. The van der Waals surface area contributed by atoms with Crippen molar-refractivity contribution in [1.29, 1.82) is 0 Å². The third-order valence-electron chi connectivity index (χ3n) is 3.19. The van der Waals surface area contributed by atoms with Crippen LogP contribution in [0.2, 0.25) is 0 Å². The van der Waals surface area contributed by atoms with Gasteiger partial charge in [0.1, 0.15) is 0 Å². The minimum atomic E-state index is 0.424. The van der Waals surface area contributed by atoms with E-state index in [0.29, 0.717) is 18.1 Å². The summed E-state index contributed by atoms with van der Waals surface area (Å²) in [4.78, 5) is 1.42. The van der Waals surface area contributed by atoms with E-state index >= 15 is 0 Å². The zero-order valence-electron chi connectivity index (χ0n) is 9.40. The van der Waals surface area contributed by atoms with E-state index in [1.807, 2.05) is 11.3 Å². The molecule has 1 aliphatic heterocycles. The lowest BCUT2D eigenvalue weighted by Crippen LogP contribution is -2.28. The minimum Gasteiger partial charge on any atom is -0.378 e. The minimum absolute atomic E-state index is 0.424. The highest BCUT2D eigenvalue weighted by molar-refractivity contribution is 7.10. The summed E-state index contributed by atoms with van der Waals surface area (Å²) in [7, 11) is 0. The first-order chi connectivity index (χ1) is 7.27. The summed E-state index contributed by atoms with van der Waals surface area (Å²) in [5.41, 5.74) is 0. The van der Waals surface area contributed by atoms with Gasteiger partial charge in [0.15, 0.2) is 0 Å². The van der Waals surface area contributed by atoms with E-state index < -0.39 is 0 Å². The maximum atomic E-state index is 5.55. The SMILES string of the molecule is CC(NCC1CCOC1C)c1cccs1. The van der Waals surface area contributed by atoms with Gasteiger partial charge in [-0.15, -0.1) is 11.3 Å². The number of hydrogen-bond acceptors (Lipinski definition) is 3. The molecule has 15 heavy (non-hydrogen) atoms. The van der Waals surface area contributed by atoms with E-state index in [4.69, 9.17) is 4.74 Å². The lowest BCUT2D eigenvalue weighted by Gasteiger charge is -2.18. The summed E-state index contributed by atoms with van der Waals surface area (Å²) in [5, 5.41) is 5.72. The van der Waals surface area contributed by atoms with Gasteiger partial charge in [-0.2, -0.15) is 0 Å². The van der Waals surface area contributed by atoms with E-state index in [1.54, 1.807) is 0 Å². The Bertz CT molecular complexity index is 286. The molecule has 1 aliphatic rings. The van der Waals surface area contributed by atoms with Gasteiger partial charge in [0.2, 0.25) is 0 Å². The van der Waals surface area contributed by atoms with Crippen LogP contribution in [0.4, 0.5) is 0 Å². The monoisotopic (exact) mass is 225 g/mol. The largest absolute Gasteiger partial charge is 0.378 e. The molecule has 0 spiro atoms. The second kappa shape index (κ2) is 5.10. The zero-order chi connectivity index (χ0) is 10.7. The molecule has 3 heteroatoms. The van der Waals surface area contributed by atoms with Crippen molar-refractivity contribution >= 4 is 11.3 Å². The molecule has 1 aromatic rings. The van der Waals surface area contributed by atoms with Crippen LogP contribution >= 0.6 is 11.3 Å². The molecule has 1 fully saturated rings. The van der Waals surface area contributed by atoms with Gasteiger partial charge in [-0.3, -0.25) is 0 Å². The Morgan fingerprint density at radius 2 is 2.53 bits per heavy atom. The first kappa shape index (κ1) is 11.1. The molecule has 1 aromatic heterocycles. The van der Waals surface area contributed by atoms with Crippen LogP contribution in [-0.2, 0) is 4.74 Å². The van der Waals surface area contributed by atoms with Gasteiger partial charge in [-0.1, -0.05) is 6.07 Å². The highest BCUT2D eigenvalue weighted by Crippen LogP contribution is 2.22. The quantitative estimate of drug-likeness (QED) is 0.851. The number of hydrogen-bond donors (Lipinski definition) is 1. The van der Waals surface area contributed by atoms with Crippen molar-refractivity contribution in [3.05, 3.63) is 22.4 Å². The summed E-state index contributed by atoms with van der Waals surface area (Å²) >= 11 is 1.82. The molecule has 0 saturated carbocycles. The average Bonchev–Trinajstić information content (AvgIpc) is 2.85. The Hall–Kier alpha value is -0.380. The summed E-state index contributed by atoms with van der Waals surface area (Å²) in [6.45, 7) is 6.41. The van der Waals surface area contributed by atoms with Crippen molar-refractivity contribution in [3.8, 4) is 0 Å². The molecule has 1 saturated heterocycles. The second-order valence-electron chi connectivity index (χ2n) is 4.27. The molecular formula is C12H19NOS. The van der Waals surface area contributed by atoms with Crippen molar-refractivity contribution in [2.75, 3.05) is 13.2 Å². The highest BCUT2D eigenvalue weighted by Gasteiger charge is 2.24. The lowest BCUT2D eigenvalue weighted by atomic mass is 10.0. The first-order valence-electron chi connectivity index (χ1n) is 5.65. The standard InChI is InChI=1S/C12H19NOS/c1-9(12-4-3-7-15-12)13-8-11-5-6-14-10(11)2/h3-4,7,9-11,13H,5-6,8H2,1-2H3. The summed E-state index contributed by atoms with van der Waals surface area (Å²) in [6, 6.07) is 4.77. The van der Waals surface area contributed by atoms with E-state index in [1.165, 1.54) is 11.3 Å². The fraction of sp³-hybridized carbons (Fsp3) is 0.667. The van der Waals surface area contributed by atoms with Crippen LogP contribution in [0, 0.1) is 5.92 Å². The van der Waals surface area contributed by atoms with Crippen molar-refractivity contribution in [2.24, 2.45) is 5.92 Å². The predicted octanol–water partition coefficient (Wildman–Crippen LogP) is 2.82. The fourth-order valence-corrected chi connectivity index (χ4v) is 2.77. The van der Waals surface area contributed by atoms with E-state index in [9.17, 15) is 0 Å². The molecule has 2 heterocycles. The Kier molecular flexibility index (Phi) is 3.78. The molecule has 0 aromatic carbocycles. The molecule has 0 radical (unpaired) electrons. The first-order valence-corrected chi connectivity index (χ1v) is 6.53. The van der Waals surface area contributed by atoms with Gasteiger partial charge in [-0.25, -0.2) is 0 Å². The smallest absolute Gasteiger partial charge is 0.0588 e. The van der Waals surface area contributed by atoms with Gasteiger partial charge >= 0.3 is 0 Å². The van der Waals surface area contributed by atoms with Crippen molar-refractivity contribution in [1.82, 2.24) is 5.32 Å². The summed E-state index contributed by atoms with van der Waals surface area (Å²) < 4.78 is 5.55. The molecule has 3 unspecified atom stereocenters. The van der Waals surface area contributed by atoms with Crippen LogP contribution in [0.5, 0.6) is 0 Å². The third-order valence-corrected chi connectivity index (χ3v) is 4.24. The van der Waals surface area contributed by atoms with E-state index in [-0.39, 0.29) is 0 Å². The predicted molar refractivity (Wildman–Crippen MR) is 64.3 cm³/mol. The molecule has 0 aliphatic carbocycles. The normalized spacial score (nSPS) is 28.1. The second-order valence-corrected chi connectivity index (χ2v) is 5.25. The van der Waals surface area contributed by atoms with Gasteiger partial charge in [0, 0.05) is 24.1 Å². The van der Waals surface area contributed by atoms with E-state index in [0.717, 1.165) is 13.2 Å². The van der Waals surface area contributed by atoms with E-state index in [2.05, 4.69) is 36.7 Å². The average molecular weight is 225 g/mol. The Morgan fingerprint density at radius 3 is 3.13 bits per heavy atom. The molecule has 3 atom stereocenters. The molecule has 2 nitrogen and oxygen atoms in total. The highest BCUT2D eigenvalue weighted by atomic mass is 32.1. The molecule has 1 N–H and O–H groups in total. The van der Waals surface area contributed by atoms with Crippen molar-refractivity contribution in [3.63, 3.8) is 0 Å². The summed E-state index contributed by atoms with van der Waals surface area (Å²) in [6.07, 6.45) is 1.62. The van der Waals surface area contributed by atoms with Gasteiger partial charge in [0.25, 0.3) is 0 Å². The molecule has 0 bridgehead atoms. The molecular weight excluding hydrogens is 206 g/mol. The fourth-order valence-electron chi connectivity index (χ4n) is 2.01. The van der Waals surface area contributed by atoms with Crippen LogP contribution in [0.1, 0.15) is 31.2 Å². The van der Waals surface area contributed by atoms with Crippen LogP contribution in [0.15, 0.2) is 17.5 Å². The molecule has 0 amide bonds. The van der Waals surface area contributed by atoms with Gasteiger partial charge < -0.3 is 10.1 Å². The number of rotatable bonds is 4. The number of thiophene rings is 1. The van der Waals surface area contributed by atoms with Crippen molar-refractivity contribution in [2.45, 2.75) is 32.4 Å². The van der Waals surface area contributed by atoms with Crippen LogP contribution in [0.25, 0.3) is 0 Å². The zero-order valence-corrected chi connectivity index (χ0v) is 10.2. The summed E-state index contributed by atoms with van der Waals surface area (Å²) in [5.74, 6) is 0.687. The van der Waals surface area contributed by atoms with Crippen LogP contribution < -0.4 is 5.32 Å². The van der Waals surface area contributed by atoms with Crippen LogP contribution in [0.3, 0.4) is 0 Å². The topological polar surface area (TPSA) is 21.3 Å². The number of nitrogens with one attached hydrogen (secondary N) is 1. The maximum Gasteiger partial charge on any atom is 0.0588 e. The van der Waals surface area contributed by atoms with Gasteiger partial charge in [0.05, 0.1) is 6.10 Å². The van der Waals surface area contributed by atoms with Gasteiger partial charge in [-0.05, 0) is 37.6 Å². The molecule has 2 rings (SSSR count). The third kappa shape index (κ3) is 2.80. The Morgan fingerprint density at radius 1 is 1.67 bits per heavy atom.